The van der Waals surface area contributed by atoms with E-state index in [0.29, 0.717) is 10.7 Å². The number of rotatable bonds is 4. The molecule has 0 aliphatic heterocycles. The van der Waals surface area contributed by atoms with Crippen molar-refractivity contribution in [3.05, 3.63) is 47.1 Å². The highest BCUT2D eigenvalue weighted by Crippen LogP contribution is 2.22. The molecule has 0 saturated carbocycles. The van der Waals surface area contributed by atoms with Gasteiger partial charge in [0, 0.05) is 35.1 Å². The van der Waals surface area contributed by atoms with Crippen molar-refractivity contribution in [3.8, 4) is 0 Å². The van der Waals surface area contributed by atoms with Crippen LogP contribution >= 0.6 is 11.3 Å². The highest BCUT2D eigenvalue weighted by molar-refractivity contribution is 7.14. The van der Waals surface area contributed by atoms with Gasteiger partial charge in [-0.1, -0.05) is 6.07 Å². The fraction of sp³-hybridized carbons (Fsp3) is 0.188. The standard InChI is InChI=1S/C16H15N3O3S/c1-3-22-15(21)12-9-23-16(17-12)18-14(20)11-5-4-6-13-10(11)7-8-19(13)2/h4-9H,3H2,1-2H3,(H,17,18,20). The van der Waals surface area contributed by atoms with E-state index in [1.165, 1.54) is 11.3 Å². The Morgan fingerprint density at radius 3 is 2.96 bits per heavy atom. The van der Waals surface area contributed by atoms with Crippen LogP contribution in [0.4, 0.5) is 5.13 Å². The Balaban J connectivity index is 1.82. The van der Waals surface area contributed by atoms with E-state index in [1.807, 2.05) is 36.0 Å². The molecular formula is C16H15N3O3S. The zero-order valence-corrected chi connectivity index (χ0v) is 13.5. The number of thiazole rings is 1. The maximum Gasteiger partial charge on any atom is 0.357 e. The first-order valence-corrected chi connectivity index (χ1v) is 7.96. The molecule has 6 nitrogen and oxygen atoms in total. The molecule has 0 saturated heterocycles. The van der Waals surface area contributed by atoms with Crippen LogP contribution in [0.25, 0.3) is 10.9 Å². The summed E-state index contributed by atoms with van der Waals surface area (Å²) in [6.45, 7) is 2.02. The summed E-state index contributed by atoms with van der Waals surface area (Å²) >= 11 is 1.19. The summed E-state index contributed by atoms with van der Waals surface area (Å²) in [6, 6.07) is 7.45. The monoisotopic (exact) mass is 329 g/mol. The average molecular weight is 329 g/mol. The number of carbonyl (C=O) groups excluding carboxylic acids is 2. The summed E-state index contributed by atoms with van der Waals surface area (Å²) in [7, 11) is 1.93. The van der Waals surface area contributed by atoms with Gasteiger partial charge in [-0.2, -0.15) is 0 Å². The van der Waals surface area contributed by atoms with Gasteiger partial charge in [0.05, 0.1) is 6.61 Å². The van der Waals surface area contributed by atoms with Gasteiger partial charge in [-0.3, -0.25) is 10.1 Å². The number of hydrogen-bond donors (Lipinski definition) is 1. The molecule has 23 heavy (non-hydrogen) atoms. The second-order valence-electron chi connectivity index (χ2n) is 4.88. The van der Waals surface area contributed by atoms with E-state index in [0.717, 1.165) is 10.9 Å². The summed E-state index contributed by atoms with van der Waals surface area (Å²) in [5.41, 5.74) is 1.74. The number of aryl methyl sites for hydroxylation is 1. The molecule has 1 N–H and O–H groups in total. The van der Waals surface area contributed by atoms with Gasteiger partial charge in [0.2, 0.25) is 0 Å². The van der Waals surface area contributed by atoms with Crippen molar-refractivity contribution in [3.63, 3.8) is 0 Å². The molecular weight excluding hydrogens is 314 g/mol. The molecule has 118 valence electrons. The zero-order chi connectivity index (χ0) is 16.4. The molecule has 1 aromatic carbocycles. The van der Waals surface area contributed by atoms with Crippen molar-refractivity contribution >= 4 is 39.2 Å². The fourth-order valence-electron chi connectivity index (χ4n) is 2.29. The molecule has 3 rings (SSSR count). The van der Waals surface area contributed by atoms with Gasteiger partial charge in [-0.25, -0.2) is 9.78 Å². The zero-order valence-electron chi connectivity index (χ0n) is 12.7. The Hall–Kier alpha value is -2.67. The highest BCUT2D eigenvalue weighted by Gasteiger charge is 2.16. The predicted octanol–water partition coefficient (Wildman–Crippen LogP) is 3.06. The normalized spacial score (nSPS) is 10.7. The number of anilines is 1. The van der Waals surface area contributed by atoms with E-state index in [1.54, 1.807) is 18.4 Å². The van der Waals surface area contributed by atoms with Crippen molar-refractivity contribution in [1.29, 1.82) is 0 Å². The van der Waals surface area contributed by atoms with E-state index in [-0.39, 0.29) is 18.2 Å². The van der Waals surface area contributed by atoms with E-state index in [9.17, 15) is 9.59 Å². The molecule has 7 heteroatoms. The molecule has 2 heterocycles. The molecule has 0 atom stereocenters. The van der Waals surface area contributed by atoms with Crippen LogP contribution < -0.4 is 5.32 Å². The van der Waals surface area contributed by atoms with Crippen LogP contribution in [0.3, 0.4) is 0 Å². The number of aromatic nitrogens is 2. The van der Waals surface area contributed by atoms with Crippen LogP contribution in [0.15, 0.2) is 35.8 Å². The summed E-state index contributed by atoms with van der Waals surface area (Å²) in [4.78, 5) is 28.2. The molecule has 0 bridgehead atoms. The largest absolute Gasteiger partial charge is 0.461 e. The minimum absolute atomic E-state index is 0.199. The van der Waals surface area contributed by atoms with Gasteiger partial charge in [-0.15, -0.1) is 11.3 Å². The minimum Gasteiger partial charge on any atom is -0.461 e. The third kappa shape index (κ3) is 2.95. The predicted molar refractivity (Wildman–Crippen MR) is 88.9 cm³/mol. The van der Waals surface area contributed by atoms with Crippen LogP contribution in [0.2, 0.25) is 0 Å². The first-order chi connectivity index (χ1) is 11.1. The minimum atomic E-state index is -0.491. The van der Waals surface area contributed by atoms with E-state index >= 15 is 0 Å². The van der Waals surface area contributed by atoms with Gasteiger partial charge >= 0.3 is 5.97 Å². The Kier molecular flexibility index (Phi) is 4.12. The second-order valence-corrected chi connectivity index (χ2v) is 5.74. The van der Waals surface area contributed by atoms with Gasteiger partial charge in [0.15, 0.2) is 10.8 Å². The summed E-state index contributed by atoms with van der Waals surface area (Å²) < 4.78 is 6.83. The van der Waals surface area contributed by atoms with Crippen LogP contribution in [0.5, 0.6) is 0 Å². The average Bonchev–Trinajstić information content (AvgIpc) is 3.15. The van der Waals surface area contributed by atoms with Crippen LogP contribution in [0.1, 0.15) is 27.8 Å². The molecule has 0 spiro atoms. The number of hydrogen-bond acceptors (Lipinski definition) is 5. The Morgan fingerprint density at radius 1 is 1.35 bits per heavy atom. The Bertz CT molecular complexity index is 882. The van der Waals surface area contributed by atoms with E-state index < -0.39 is 5.97 Å². The lowest BCUT2D eigenvalue weighted by Crippen LogP contribution is -2.12. The van der Waals surface area contributed by atoms with Crippen molar-refractivity contribution in [2.45, 2.75) is 6.92 Å². The van der Waals surface area contributed by atoms with Crippen LogP contribution in [-0.4, -0.2) is 28.0 Å². The summed E-state index contributed by atoms with van der Waals surface area (Å²) in [5.74, 6) is -0.749. The molecule has 2 aromatic heterocycles. The van der Waals surface area contributed by atoms with Crippen molar-refractivity contribution < 1.29 is 14.3 Å². The highest BCUT2D eigenvalue weighted by atomic mass is 32.1. The number of amides is 1. The second kappa shape index (κ2) is 6.21. The Morgan fingerprint density at radius 2 is 2.17 bits per heavy atom. The number of benzene rings is 1. The molecule has 0 aliphatic carbocycles. The Labute approximate surface area is 136 Å². The number of ether oxygens (including phenoxy) is 1. The quantitative estimate of drug-likeness (QED) is 0.747. The van der Waals surface area contributed by atoms with E-state index in [2.05, 4.69) is 10.3 Å². The van der Waals surface area contributed by atoms with Gasteiger partial charge in [0.25, 0.3) is 5.91 Å². The molecule has 1 amide bonds. The smallest absolute Gasteiger partial charge is 0.357 e. The van der Waals surface area contributed by atoms with Crippen molar-refractivity contribution in [1.82, 2.24) is 9.55 Å². The lowest BCUT2D eigenvalue weighted by Gasteiger charge is -2.04. The first kappa shape index (κ1) is 15.2. The van der Waals surface area contributed by atoms with Gasteiger partial charge < -0.3 is 9.30 Å². The van der Waals surface area contributed by atoms with Gasteiger partial charge in [-0.05, 0) is 25.1 Å². The summed E-state index contributed by atoms with van der Waals surface area (Å²) in [5, 5.41) is 5.53. The molecule has 0 unspecified atom stereocenters. The lowest BCUT2D eigenvalue weighted by molar-refractivity contribution is 0.0520. The third-order valence-corrected chi connectivity index (χ3v) is 4.14. The maximum absolute atomic E-state index is 12.5. The molecule has 0 radical (unpaired) electrons. The number of carbonyl (C=O) groups is 2. The third-order valence-electron chi connectivity index (χ3n) is 3.38. The molecule has 0 fully saturated rings. The number of nitrogens with zero attached hydrogens (tertiary/aromatic N) is 2. The van der Waals surface area contributed by atoms with Crippen molar-refractivity contribution in [2.75, 3.05) is 11.9 Å². The van der Waals surface area contributed by atoms with Crippen LogP contribution in [-0.2, 0) is 11.8 Å². The fourth-order valence-corrected chi connectivity index (χ4v) is 2.97. The van der Waals surface area contributed by atoms with Crippen molar-refractivity contribution in [2.24, 2.45) is 7.05 Å². The number of esters is 1. The number of nitrogens with one attached hydrogen (secondary N) is 1. The van der Waals surface area contributed by atoms with Gasteiger partial charge in [0.1, 0.15) is 0 Å². The molecule has 3 aromatic rings. The molecule has 0 aliphatic rings. The van der Waals surface area contributed by atoms with Crippen LogP contribution in [0, 0.1) is 0 Å². The summed E-state index contributed by atoms with van der Waals surface area (Å²) in [6.07, 6.45) is 1.91. The lowest BCUT2D eigenvalue weighted by atomic mass is 10.1. The maximum atomic E-state index is 12.5. The number of fused-ring (bicyclic) bond motifs is 1. The first-order valence-electron chi connectivity index (χ1n) is 7.08. The topological polar surface area (TPSA) is 73.2 Å². The van der Waals surface area contributed by atoms with E-state index in [4.69, 9.17) is 4.74 Å². The SMILES string of the molecule is CCOC(=O)c1csc(NC(=O)c2cccc3c2ccn3C)n1.